The molecule has 2 heterocycles. The van der Waals surface area contributed by atoms with E-state index < -0.39 is 0 Å². The summed E-state index contributed by atoms with van der Waals surface area (Å²) in [6, 6.07) is 42.2. The van der Waals surface area contributed by atoms with E-state index in [-0.39, 0.29) is 0 Å². The molecule has 0 unspecified atom stereocenters. The average Bonchev–Trinajstić information content (AvgIpc) is 3.35. The lowest BCUT2D eigenvalue weighted by molar-refractivity contribution is 1.37. The third kappa shape index (κ3) is 3.06. The lowest BCUT2D eigenvalue weighted by Gasteiger charge is -2.23. The number of rotatable bonds is 1. The molecule has 172 valence electrons. The van der Waals surface area contributed by atoms with Crippen molar-refractivity contribution in [3.05, 3.63) is 128 Å². The van der Waals surface area contributed by atoms with Crippen LogP contribution in [0.5, 0.6) is 0 Å². The maximum atomic E-state index is 4.39. The summed E-state index contributed by atoms with van der Waals surface area (Å²) in [5.41, 5.74) is 12.7. The standard InChI is InChI=1S/C35H21NS/c1-2-9-25-24(8-1)26-10-3-4-12-28(26)30-17-16-22(20-32(30)29-13-6-5-11-27(25)29)23-14-7-15-31-33-21-36-19-18-34(33)37-35(23)31/h1-21H. The van der Waals surface area contributed by atoms with Gasteiger partial charge in [-0.25, -0.2) is 0 Å². The lowest BCUT2D eigenvalue weighted by atomic mass is 9.80. The minimum absolute atomic E-state index is 1.23. The number of hydrogen-bond acceptors (Lipinski definition) is 2. The number of hydrogen-bond donors (Lipinski definition) is 0. The van der Waals surface area contributed by atoms with E-state index in [0.717, 1.165) is 0 Å². The van der Waals surface area contributed by atoms with E-state index in [2.05, 4.69) is 120 Å². The molecule has 2 heteroatoms. The van der Waals surface area contributed by atoms with Crippen LogP contribution in [0.25, 0.3) is 75.8 Å². The highest BCUT2D eigenvalue weighted by Crippen LogP contribution is 2.49. The molecule has 1 nitrogen and oxygen atoms in total. The fourth-order valence-electron chi connectivity index (χ4n) is 5.90. The van der Waals surface area contributed by atoms with Crippen molar-refractivity contribution in [3.8, 4) is 55.6 Å². The SMILES string of the molecule is c1ccc2c(c1)-c1ccccc1-c1ccc(-c3cccc4c3sc3ccncc34)cc1-c1ccccc1-2. The van der Waals surface area contributed by atoms with Gasteiger partial charge in [-0.15, -0.1) is 11.3 Å². The number of thiophene rings is 1. The molecule has 5 aromatic carbocycles. The van der Waals surface area contributed by atoms with Crippen LogP contribution in [-0.4, -0.2) is 4.98 Å². The zero-order valence-electron chi connectivity index (χ0n) is 20.0. The molecule has 0 amide bonds. The van der Waals surface area contributed by atoms with Gasteiger partial charge in [0.05, 0.1) is 0 Å². The predicted molar refractivity (Wildman–Crippen MR) is 158 cm³/mol. The van der Waals surface area contributed by atoms with E-state index in [9.17, 15) is 0 Å². The Morgan fingerprint density at radius 2 is 0.973 bits per heavy atom. The Bertz CT molecular complexity index is 1990. The molecule has 0 saturated carbocycles. The van der Waals surface area contributed by atoms with Crippen LogP contribution in [0.1, 0.15) is 0 Å². The minimum Gasteiger partial charge on any atom is -0.264 e. The van der Waals surface area contributed by atoms with Crippen molar-refractivity contribution in [2.75, 3.05) is 0 Å². The van der Waals surface area contributed by atoms with Gasteiger partial charge in [0.25, 0.3) is 0 Å². The molecule has 0 atom stereocenters. The van der Waals surface area contributed by atoms with Gasteiger partial charge < -0.3 is 0 Å². The Morgan fingerprint density at radius 1 is 0.432 bits per heavy atom. The van der Waals surface area contributed by atoms with Gasteiger partial charge in [-0.3, -0.25) is 4.98 Å². The van der Waals surface area contributed by atoms with E-state index in [1.807, 2.05) is 23.7 Å². The summed E-state index contributed by atoms with van der Waals surface area (Å²) >= 11 is 1.85. The fourth-order valence-corrected chi connectivity index (χ4v) is 7.10. The summed E-state index contributed by atoms with van der Waals surface area (Å²) in [6.45, 7) is 0. The van der Waals surface area contributed by atoms with Crippen molar-refractivity contribution < 1.29 is 0 Å². The molecule has 2 aromatic heterocycles. The highest BCUT2D eigenvalue weighted by atomic mass is 32.1. The zero-order valence-corrected chi connectivity index (χ0v) is 20.8. The van der Waals surface area contributed by atoms with Crippen molar-refractivity contribution in [1.29, 1.82) is 0 Å². The first kappa shape index (κ1) is 20.6. The molecule has 0 aliphatic heterocycles. The number of fused-ring (bicyclic) bond motifs is 11. The van der Waals surface area contributed by atoms with Gasteiger partial charge in [0.15, 0.2) is 0 Å². The Balaban J connectivity index is 1.45. The van der Waals surface area contributed by atoms with Crippen molar-refractivity contribution in [1.82, 2.24) is 4.98 Å². The summed E-state index contributed by atoms with van der Waals surface area (Å²) in [7, 11) is 0. The molecule has 37 heavy (non-hydrogen) atoms. The van der Waals surface area contributed by atoms with Crippen molar-refractivity contribution in [2.24, 2.45) is 0 Å². The van der Waals surface area contributed by atoms with E-state index >= 15 is 0 Å². The van der Waals surface area contributed by atoms with Crippen LogP contribution in [0.4, 0.5) is 0 Å². The van der Waals surface area contributed by atoms with Crippen molar-refractivity contribution >= 4 is 31.5 Å². The monoisotopic (exact) mass is 487 g/mol. The average molecular weight is 488 g/mol. The largest absolute Gasteiger partial charge is 0.264 e. The fraction of sp³-hybridized carbons (Fsp3) is 0. The Morgan fingerprint density at radius 3 is 1.59 bits per heavy atom. The zero-order chi connectivity index (χ0) is 24.3. The topological polar surface area (TPSA) is 12.9 Å². The van der Waals surface area contributed by atoms with Gasteiger partial charge in [-0.2, -0.15) is 0 Å². The predicted octanol–water partition coefficient (Wildman–Crippen LogP) is 10.1. The van der Waals surface area contributed by atoms with Crippen LogP contribution in [-0.2, 0) is 0 Å². The maximum absolute atomic E-state index is 4.39. The molecule has 0 spiro atoms. The summed E-state index contributed by atoms with van der Waals surface area (Å²) < 4.78 is 2.59. The molecule has 1 aliphatic rings. The number of nitrogens with zero attached hydrogens (tertiary/aromatic N) is 1. The molecular weight excluding hydrogens is 466 g/mol. The molecule has 0 saturated heterocycles. The van der Waals surface area contributed by atoms with Crippen LogP contribution in [0.3, 0.4) is 0 Å². The van der Waals surface area contributed by atoms with Gasteiger partial charge >= 0.3 is 0 Å². The molecule has 7 aromatic rings. The lowest BCUT2D eigenvalue weighted by Crippen LogP contribution is -1.97. The van der Waals surface area contributed by atoms with E-state index in [4.69, 9.17) is 0 Å². The first-order valence-electron chi connectivity index (χ1n) is 12.5. The second-order valence-corrected chi connectivity index (χ2v) is 10.6. The molecule has 8 rings (SSSR count). The summed E-state index contributed by atoms with van der Waals surface area (Å²) in [6.07, 6.45) is 3.87. The quantitative estimate of drug-likeness (QED) is 0.224. The number of benzene rings is 5. The van der Waals surface area contributed by atoms with Crippen LogP contribution in [0.2, 0.25) is 0 Å². The first-order chi connectivity index (χ1) is 18.4. The van der Waals surface area contributed by atoms with Crippen LogP contribution < -0.4 is 0 Å². The van der Waals surface area contributed by atoms with E-state index in [0.29, 0.717) is 0 Å². The van der Waals surface area contributed by atoms with Gasteiger partial charge in [0.1, 0.15) is 0 Å². The Labute approximate surface area is 219 Å². The molecule has 0 bridgehead atoms. The van der Waals surface area contributed by atoms with E-state index in [1.165, 1.54) is 75.8 Å². The molecule has 0 radical (unpaired) electrons. The van der Waals surface area contributed by atoms with Crippen LogP contribution in [0.15, 0.2) is 128 Å². The van der Waals surface area contributed by atoms with Gasteiger partial charge in [0.2, 0.25) is 0 Å². The maximum Gasteiger partial charge on any atom is 0.0434 e. The molecule has 0 fully saturated rings. The molecule has 0 N–H and O–H groups in total. The highest BCUT2D eigenvalue weighted by molar-refractivity contribution is 7.26. The highest BCUT2D eigenvalue weighted by Gasteiger charge is 2.22. The van der Waals surface area contributed by atoms with Gasteiger partial charge in [-0.1, -0.05) is 103 Å². The van der Waals surface area contributed by atoms with Crippen LogP contribution in [0, 0.1) is 0 Å². The number of aromatic nitrogens is 1. The van der Waals surface area contributed by atoms with Gasteiger partial charge in [-0.05, 0) is 67.8 Å². The first-order valence-corrected chi connectivity index (χ1v) is 13.4. The summed E-state index contributed by atoms with van der Waals surface area (Å²) in [5.74, 6) is 0. The van der Waals surface area contributed by atoms with Crippen molar-refractivity contribution in [3.63, 3.8) is 0 Å². The van der Waals surface area contributed by atoms with Crippen molar-refractivity contribution in [2.45, 2.75) is 0 Å². The number of pyridine rings is 1. The second kappa shape index (κ2) is 7.99. The summed E-state index contributed by atoms with van der Waals surface area (Å²) in [4.78, 5) is 4.39. The third-order valence-electron chi connectivity index (χ3n) is 7.57. The molecule has 1 aliphatic carbocycles. The van der Waals surface area contributed by atoms with Gasteiger partial charge in [0, 0.05) is 32.6 Å². The summed E-state index contributed by atoms with van der Waals surface area (Å²) in [5, 5.41) is 2.50. The minimum atomic E-state index is 1.23. The van der Waals surface area contributed by atoms with Crippen LogP contribution >= 0.6 is 11.3 Å². The Hall–Kier alpha value is -4.53. The second-order valence-electron chi connectivity index (χ2n) is 9.55. The smallest absolute Gasteiger partial charge is 0.0434 e. The Kier molecular flexibility index (Phi) is 4.46. The van der Waals surface area contributed by atoms with E-state index in [1.54, 1.807) is 0 Å². The normalized spacial score (nSPS) is 11.8. The molecular formula is C35H21NS. The third-order valence-corrected chi connectivity index (χ3v) is 8.79.